The van der Waals surface area contributed by atoms with Crippen LogP contribution in [0.25, 0.3) is 0 Å². The second kappa shape index (κ2) is 5.06. The molecule has 0 bridgehead atoms. The molecule has 0 aliphatic heterocycles. The summed E-state index contributed by atoms with van der Waals surface area (Å²) in [6.45, 7) is 1.64. The van der Waals surface area contributed by atoms with Gasteiger partial charge in [-0.1, -0.05) is 11.6 Å². The maximum absolute atomic E-state index is 12.1. The van der Waals surface area contributed by atoms with Crippen LogP contribution >= 0.6 is 34.2 Å². The molecule has 1 heterocycles. The predicted molar refractivity (Wildman–Crippen MR) is 78.3 cm³/mol. The third kappa shape index (κ3) is 2.78. The van der Waals surface area contributed by atoms with Crippen molar-refractivity contribution in [2.75, 3.05) is 4.72 Å². The van der Waals surface area contributed by atoms with Gasteiger partial charge in [0.25, 0.3) is 10.0 Å². The SMILES string of the molecule is Cc1[nH]ncc1S(=O)(=O)Nc1ccc(I)cc1Cl. The number of aryl methyl sites for hydroxylation is 1. The van der Waals surface area contributed by atoms with E-state index >= 15 is 0 Å². The van der Waals surface area contributed by atoms with Crippen molar-refractivity contribution in [2.24, 2.45) is 0 Å². The molecule has 2 N–H and O–H groups in total. The van der Waals surface area contributed by atoms with Crippen molar-refractivity contribution in [2.45, 2.75) is 11.8 Å². The van der Waals surface area contributed by atoms with Gasteiger partial charge >= 0.3 is 0 Å². The lowest BCUT2D eigenvalue weighted by Crippen LogP contribution is -2.13. The zero-order valence-electron chi connectivity index (χ0n) is 9.24. The van der Waals surface area contributed by atoms with Crippen molar-refractivity contribution < 1.29 is 8.42 Å². The summed E-state index contributed by atoms with van der Waals surface area (Å²) in [7, 11) is -3.67. The van der Waals surface area contributed by atoms with Crippen LogP contribution in [0, 0.1) is 10.5 Å². The van der Waals surface area contributed by atoms with E-state index in [2.05, 4.69) is 37.5 Å². The molecule has 2 rings (SSSR count). The highest BCUT2D eigenvalue weighted by atomic mass is 127. The van der Waals surface area contributed by atoms with Crippen LogP contribution in [0.4, 0.5) is 5.69 Å². The van der Waals surface area contributed by atoms with Crippen LogP contribution in [0.2, 0.25) is 5.02 Å². The fourth-order valence-corrected chi connectivity index (χ4v) is 3.56. The molecular weight excluding hydrogens is 389 g/mol. The number of halogens is 2. The number of benzene rings is 1. The summed E-state index contributed by atoms with van der Waals surface area (Å²) in [6, 6.07) is 5.08. The number of aromatic nitrogens is 2. The number of hydrogen-bond donors (Lipinski definition) is 2. The third-order valence-electron chi connectivity index (χ3n) is 2.25. The second-order valence-corrected chi connectivity index (χ2v) is 6.89. The first-order valence-corrected chi connectivity index (χ1v) is 7.82. The van der Waals surface area contributed by atoms with E-state index in [0.717, 1.165) is 3.57 Å². The Bertz CT molecular complexity index is 684. The Hall–Kier alpha value is -0.800. The highest BCUT2D eigenvalue weighted by molar-refractivity contribution is 14.1. The highest BCUT2D eigenvalue weighted by Gasteiger charge is 2.19. The number of nitrogens with one attached hydrogen (secondary N) is 2. The molecule has 0 aliphatic rings. The Morgan fingerprint density at radius 3 is 2.72 bits per heavy atom. The molecule has 96 valence electrons. The molecule has 0 spiro atoms. The van der Waals surface area contributed by atoms with Gasteiger partial charge in [-0.25, -0.2) is 8.42 Å². The molecule has 0 fully saturated rings. The van der Waals surface area contributed by atoms with E-state index in [4.69, 9.17) is 11.6 Å². The predicted octanol–water partition coefficient (Wildman–Crippen LogP) is 2.78. The van der Waals surface area contributed by atoms with Gasteiger partial charge in [-0.3, -0.25) is 9.82 Å². The van der Waals surface area contributed by atoms with Gasteiger partial charge < -0.3 is 0 Å². The minimum Gasteiger partial charge on any atom is -0.281 e. The van der Waals surface area contributed by atoms with Crippen molar-refractivity contribution >= 4 is 49.9 Å². The molecule has 0 atom stereocenters. The molecule has 1 aromatic heterocycles. The van der Waals surface area contributed by atoms with Crippen molar-refractivity contribution in [1.29, 1.82) is 0 Å². The van der Waals surface area contributed by atoms with Crippen LogP contribution in [-0.4, -0.2) is 18.6 Å². The first-order chi connectivity index (χ1) is 8.40. The standard InChI is InChI=1S/C10H9ClIN3O2S/c1-6-10(5-13-14-6)18(16,17)15-9-3-2-7(12)4-8(9)11/h2-5,15H,1H3,(H,13,14). The van der Waals surface area contributed by atoms with E-state index in [1.165, 1.54) is 6.20 Å². The van der Waals surface area contributed by atoms with Crippen molar-refractivity contribution in [3.8, 4) is 0 Å². The lowest BCUT2D eigenvalue weighted by Gasteiger charge is -2.09. The van der Waals surface area contributed by atoms with Crippen molar-refractivity contribution in [3.05, 3.63) is 38.7 Å². The van der Waals surface area contributed by atoms with Gasteiger partial charge in [-0.2, -0.15) is 5.10 Å². The van der Waals surface area contributed by atoms with E-state index in [-0.39, 0.29) is 4.90 Å². The fraction of sp³-hybridized carbons (Fsp3) is 0.100. The van der Waals surface area contributed by atoms with Gasteiger partial charge in [0.1, 0.15) is 4.90 Å². The monoisotopic (exact) mass is 397 g/mol. The zero-order chi connectivity index (χ0) is 13.3. The summed E-state index contributed by atoms with van der Waals surface area (Å²) < 4.78 is 27.5. The molecule has 0 aliphatic carbocycles. The van der Waals surface area contributed by atoms with Crippen LogP contribution in [0.5, 0.6) is 0 Å². The van der Waals surface area contributed by atoms with Crippen molar-refractivity contribution in [1.82, 2.24) is 10.2 Å². The summed E-state index contributed by atoms with van der Waals surface area (Å²) in [6.07, 6.45) is 1.26. The van der Waals surface area contributed by atoms with Crippen LogP contribution in [0.3, 0.4) is 0 Å². The van der Waals surface area contributed by atoms with Gasteiger partial charge in [0.05, 0.1) is 22.6 Å². The van der Waals surface area contributed by atoms with Crippen LogP contribution in [-0.2, 0) is 10.0 Å². The lowest BCUT2D eigenvalue weighted by molar-refractivity contribution is 0.600. The number of hydrogen-bond acceptors (Lipinski definition) is 3. The summed E-state index contributed by atoms with van der Waals surface area (Å²) in [5.74, 6) is 0. The Morgan fingerprint density at radius 2 is 2.17 bits per heavy atom. The van der Waals surface area contributed by atoms with Gasteiger partial charge in [-0.05, 0) is 47.7 Å². The molecule has 5 nitrogen and oxygen atoms in total. The van der Waals surface area contributed by atoms with Crippen LogP contribution in [0.1, 0.15) is 5.69 Å². The molecule has 0 saturated carbocycles. The molecule has 0 unspecified atom stereocenters. The maximum atomic E-state index is 12.1. The summed E-state index contributed by atoms with van der Waals surface area (Å²) >= 11 is 8.08. The topological polar surface area (TPSA) is 74.8 Å². The van der Waals surface area contributed by atoms with E-state index in [1.54, 1.807) is 25.1 Å². The summed E-state index contributed by atoms with van der Waals surface area (Å²) in [4.78, 5) is 0.108. The van der Waals surface area contributed by atoms with Gasteiger partial charge in [0.15, 0.2) is 0 Å². The molecule has 1 aromatic carbocycles. The van der Waals surface area contributed by atoms with Crippen LogP contribution in [0.15, 0.2) is 29.3 Å². The molecule has 0 saturated heterocycles. The van der Waals surface area contributed by atoms with E-state index in [0.29, 0.717) is 16.4 Å². The Kier molecular flexibility index (Phi) is 3.83. The Labute approximate surface area is 123 Å². The lowest BCUT2D eigenvalue weighted by atomic mass is 10.3. The number of aromatic amines is 1. The largest absolute Gasteiger partial charge is 0.281 e. The smallest absolute Gasteiger partial charge is 0.265 e. The Morgan fingerprint density at radius 1 is 1.44 bits per heavy atom. The zero-order valence-corrected chi connectivity index (χ0v) is 13.0. The number of anilines is 1. The summed E-state index contributed by atoms with van der Waals surface area (Å²) in [5, 5.41) is 6.62. The average molecular weight is 398 g/mol. The number of rotatable bonds is 3. The average Bonchev–Trinajstić information content (AvgIpc) is 2.69. The van der Waals surface area contributed by atoms with Gasteiger partial charge in [0, 0.05) is 3.57 Å². The fourth-order valence-electron chi connectivity index (χ4n) is 1.38. The quantitative estimate of drug-likeness (QED) is 0.782. The minimum absolute atomic E-state index is 0.108. The first-order valence-electron chi connectivity index (χ1n) is 4.88. The molecule has 2 aromatic rings. The van der Waals surface area contributed by atoms with Gasteiger partial charge in [-0.15, -0.1) is 0 Å². The first kappa shape index (κ1) is 13.6. The number of nitrogens with zero attached hydrogens (tertiary/aromatic N) is 1. The number of H-pyrrole nitrogens is 1. The van der Waals surface area contributed by atoms with E-state index in [1.807, 2.05) is 0 Å². The molecule has 0 amide bonds. The molecule has 18 heavy (non-hydrogen) atoms. The highest BCUT2D eigenvalue weighted by Crippen LogP contribution is 2.26. The van der Waals surface area contributed by atoms with E-state index < -0.39 is 10.0 Å². The normalized spacial score (nSPS) is 11.5. The maximum Gasteiger partial charge on any atom is 0.265 e. The molecule has 0 radical (unpaired) electrons. The van der Waals surface area contributed by atoms with Gasteiger partial charge in [0.2, 0.25) is 0 Å². The van der Waals surface area contributed by atoms with Crippen LogP contribution < -0.4 is 4.72 Å². The molecule has 8 heteroatoms. The minimum atomic E-state index is -3.67. The van der Waals surface area contributed by atoms with E-state index in [9.17, 15) is 8.42 Å². The summed E-state index contributed by atoms with van der Waals surface area (Å²) in [5.41, 5.74) is 0.821. The third-order valence-corrected chi connectivity index (χ3v) is 4.71. The second-order valence-electron chi connectivity index (χ2n) is 3.59. The van der Waals surface area contributed by atoms with Crippen molar-refractivity contribution in [3.63, 3.8) is 0 Å². The molecular formula is C10H9ClIN3O2S. The Balaban J connectivity index is 2.37. The number of sulfonamides is 1.